The Hall–Kier alpha value is -3.07. The maximum Gasteiger partial charge on any atom is 0.213 e. The number of benzene rings is 2. The molecule has 3 heteroatoms. The van der Waals surface area contributed by atoms with Crippen molar-refractivity contribution in [3.63, 3.8) is 0 Å². The molecule has 1 aromatic heterocycles. The molecule has 0 amide bonds. The molecule has 0 aliphatic carbocycles. The minimum atomic E-state index is 0.298. The lowest BCUT2D eigenvalue weighted by atomic mass is 9.98. The monoisotopic (exact) mass is 399 g/mol. The largest absolute Gasteiger partial charge is 0.494 e. The molecule has 1 aliphatic heterocycles. The molecule has 0 saturated heterocycles. The zero-order valence-corrected chi connectivity index (χ0v) is 18.8. The van der Waals surface area contributed by atoms with Gasteiger partial charge in [-0.2, -0.15) is 4.57 Å². The number of fused-ring (bicyclic) bond motifs is 2. The first-order chi connectivity index (χ1) is 14.4. The second-order valence-corrected chi connectivity index (χ2v) is 8.53. The first-order valence-electron chi connectivity index (χ1n) is 10.7. The van der Waals surface area contributed by atoms with Crippen LogP contribution in [-0.4, -0.2) is 13.2 Å². The van der Waals surface area contributed by atoms with Gasteiger partial charge in [-0.1, -0.05) is 29.8 Å². The van der Waals surface area contributed by atoms with Gasteiger partial charge in [-0.05, 0) is 64.5 Å². The van der Waals surface area contributed by atoms with Crippen molar-refractivity contribution in [2.45, 2.75) is 46.7 Å². The highest BCUT2D eigenvalue weighted by Gasteiger charge is 2.26. The van der Waals surface area contributed by atoms with E-state index in [4.69, 9.17) is 4.74 Å². The number of aromatic nitrogens is 1. The Bertz CT molecular complexity index is 1150. The van der Waals surface area contributed by atoms with Crippen LogP contribution in [-0.2, 0) is 4.74 Å². The fraction of sp³-hybridized carbons (Fsp3) is 0.296. The van der Waals surface area contributed by atoms with E-state index in [0.717, 1.165) is 17.0 Å². The van der Waals surface area contributed by atoms with Gasteiger partial charge >= 0.3 is 0 Å². The fourth-order valence-corrected chi connectivity index (χ4v) is 4.40. The molecule has 0 fully saturated rings. The Morgan fingerprint density at radius 1 is 0.967 bits per heavy atom. The van der Waals surface area contributed by atoms with Gasteiger partial charge in [-0.25, -0.2) is 0 Å². The standard InChI is InChI=1S/C27H31N2O/c1-18(2)28-16-15-23(22-9-7-8-10-25(22)28)27(30-6)26-14-12-21-17-20(5)11-13-24(21)29(26)19(3)4/h7-19H,1-6H3/q+1. The maximum absolute atomic E-state index is 6.08. The van der Waals surface area contributed by atoms with Crippen molar-refractivity contribution in [2.24, 2.45) is 0 Å². The molecule has 2 aromatic carbocycles. The third-order valence-electron chi connectivity index (χ3n) is 5.75. The Morgan fingerprint density at radius 2 is 1.73 bits per heavy atom. The number of ether oxygens (including phenoxy) is 1. The van der Waals surface area contributed by atoms with Gasteiger partial charge in [-0.3, -0.25) is 0 Å². The summed E-state index contributed by atoms with van der Waals surface area (Å²) in [6.07, 6.45) is 6.57. The van der Waals surface area contributed by atoms with Crippen LogP contribution in [0, 0.1) is 6.92 Å². The van der Waals surface area contributed by atoms with Gasteiger partial charge < -0.3 is 9.64 Å². The summed E-state index contributed by atoms with van der Waals surface area (Å²) in [6.45, 7) is 11.0. The molecule has 0 N–H and O–H groups in total. The summed E-state index contributed by atoms with van der Waals surface area (Å²) in [5.41, 5.74) is 7.17. The first-order valence-corrected chi connectivity index (χ1v) is 10.7. The van der Waals surface area contributed by atoms with Crippen LogP contribution in [0.5, 0.6) is 0 Å². The molecular weight excluding hydrogens is 368 g/mol. The Labute approximate surface area is 179 Å². The molecule has 4 rings (SSSR count). The van der Waals surface area contributed by atoms with Crippen molar-refractivity contribution in [3.8, 4) is 0 Å². The summed E-state index contributed by atoms with van der Waals surface area (Å²) in [5.74, 6) is 0.901. The molecule has 30 heavy (non-hydrogen) atoms. The Balaban J connectivity index is 1.98. The fourth-order valence-electron chi connectivity index (χ4n) is 4.40. The van der Waals surface area contributed by atoms with Crippen molar-refractivity contribution in [1.82, 2.24) is 0 Å². The molecule has 0 bridgehead atoms. The van der Waals surface area contributed by atoms with E-state index in [0.29, 0.717) is 12.1 Å². The van der Waals surface area contributed by atoms with Gasteiger partial charge in [0.2, 0.25) is 5.52 Å². The predicted molar refractivity (Wildman–Crippen MR) is 126 cm³/mol. The molecule has 3 nitrogen and oxygen atoms in total. The van der Waals surface area contributed by atoms with Gasteiger partial charge in [-0.15, -0.1) is 0 Å². The van der Waals surface area contributed by atoms with Gasteiger partial charge in [0, 0.05) is 29.4 Å². The summed E-state index contributed by atoms with van der Waals surface area (Å²) in [6, 6.07) is 18.1. The highest BCUT2D eigenvalue weighted by molar-refractivity contribution is 5.92. The smallest absolute Gasteiger partial charge is 0.213 e. The normalized spacial score (nSPS) is 15.1. The van der Waals surface area contributed by atoms with Crippen molar-refractivity contribution in [2.75, 3.05) is 12.0 Å². The summed E-state index contributed by atoms with van der Waals surface area (Å²) in [5, 5.41) is 1.20. The predicted octanol–water partition coefficient (Wildman–Crippen LogP) is 6.27. The van der Waals surface area contributed by atoms with Crippen molar-refractivity contribution in [3.05, 3.63) is 83.2 Å². The average molecular weight is 400 g/mol. The van der Waals surface area contributed by atoms with Crippen molar-refractivity contribution < 1.29 is 9.30 Å². The maximum atomic E-state index is 6.08. The third-order valence-corrected chi connectivity index (χ3v) is 5.75. The van der Waals surface area contributed by atoms with Crippen LogP contribution < -0.4 is 9.47 Å². The molecule has 0 radical (unpaired) electrons. The minimum absolute atomic E-state index is 0.298. The van der Waals surface area contributed by atoms with E-state index in [9.17, 15) is 0 Å². The van der Waals surface area contributed by atoms with Gasteiger partial charge in [0.05, 0.1) is 18.2 Å². The molecule has 0 atom stereocenters. The number of methoxy groups -OCH3 is 1. The molecular formula is C27H31N2O+. The topological polar surface area (TPSA) is 16.4 Å². The van der Waals surface area contributed by atoms with E-state index in [1.54, 1.807) is 7.11 Å². The Kier molecular flexibility index (Phi) is 5.38. The lowest BCUT2D eigenvalue weighted by molar-refractivity contribution is -0.691. The van der Waals surface area contributed by atoms with Crippen molar-refractivity contribution in [1.29, 1.82) is 0 Å². The molecule has 0 spiro atoms. The second kappa shape index (κ2) is 7.98. The number of nitrogens with zero attached hydrogens (tertiary/aromatic N) is 2. The van der Waals surface area contributed by atoms with Crippen LogP contribution in [0.3, 0.4) is 0 Å². The lowest BCUT2D eigenvalue weighted by Gasteiger charge is -2.35. The summed E-state index contributed by atoms with van der Waals surface area (Å²) in [4.78, 5) is 2.38. The number of aryl methyl sites for hydroxylation is 1. The van der Waals surface area contributed by atoms with Gasteiger partial charge in [0.25, 0.3) is 0 Å². The number of para-hydroxylation sites is 1. The first kappa shape index (κ1) is 20.2. The molecule has 0 saturated carbocycles. The molecule has 2 heterocycles. The van der Waals surface area contributed by atoms with E-state index in [1.807, 2.05) is 0 Å². The second-order valence-electron chi connectivity index (χ2n) is 8.53. The Morgan fingerprint density at radius 3 is 2.43 bits per heavy atom. The van der Waals surface area contributed by atoms with Crippen LogP contribution in [0.4, 0.5) is 5.69 Å². The molecule has 1 aliphatic rings. The van der Waals surface area contributed by atoms with Crippen LogP contribution in [0.2, 0.25) is 0 Å². The van der Waals surface area contributed by atoms with E-state index in [-0.39, 0.29) is 0 Å². The molecule has 0 unspecified atom stereocenters. The number of allylic oxidation sites excluding steroid dienone is 1. The third kappa shape index (κ3) is 3.39. The number of pyridine rings is 1. The zero-order valence-electron chi connectivity index (χ0n) is 18.8. The van der Waals surface area contributed by atoms with E-state index in [2.05, 4.69) is 111 Å². The van der Waals surface area contributed by atoms with Crippen molar-refractivity contribution >= 4 is 28.4 Å². The summed E-state index contributed by atoms with van der Waals surface area (Å²) in [7, 11) is 1.78. The van der Waals surface area contributed by atoms with E-state index < -0.39 is 0 Å². The highest BCUT2D eigenvalue weighted by atomic mass is 16.5. The molecule has 154 valence electrons. The zero-order chi connectivity index (χ0) is 21.4. The number of anilines is 1. The number of hydrogen-bond donors (Lipinski definition) is 0. The van der Waals surface area contributed by atoms with Gasteiger partial charge in [0.1, 0.15) is 0 Å². The minimum Gasteiger partial charge on any atom is -0.494 e. The van der Waals surface area contributed by atoms with E-state index in [1.165, 1.54) is 27.7 Å². The van der Waals surface area contributed by atoms with Crippen LogP contribution in [0.25, 0.3) is 22.7 Å². The van der Waals surface area contributed by atoms with E-state index >= 15 is 0 Å². The lowest BCUT2D eigenvalue weighted by Crippen LogP contribution is -2.37. The number of rotatable bonds is 4. The molecule has 3 aromatic rings. The summed E-state index contributed by atoms with van der Waals surface area (Å²) < 4.78 is 8.39. The van der Waals surface area contributed by atoms with Gasteiger partial charge in [0.15, 0.2) is 18.0 Å². The SMILES string of the molecule is CO/C(=C1/C=Cc2cc(C)ccc2N1C(C)C)c1cc[n+](C(C)C)c2ccccc12. The quantitative estimate of drug-likeness (QED) is 0.379. The van der Waals surface area contributed by atoms with Crippen LogP contribution >= 0.6 is 0 Å². The summed E-state index contributed by atoms with van der Waals surface area (Å²) >= 11 is 0. The highest BCUT2D eigenvalue weighted by Crippen LogP contribution is 2.38. The van der Waals surface area contributed by atoms with Crippen LogP contribution in [0.15, 0.2) is 66.5 Å². The van der Waals surface area contributed by atoms with Crippen LogP contribution in [0.1, 0.15) is 50.4 Å². The average Bonchev–Trinajstić information content (AvgIpc) is 2.73. The number of hydrogen-bond acceptors (Lipinski definition) is 2.